The van der Waals surface area contributed by atoms with E-state index in [4.69, 9.17) is 0 Å². The molecule has 2 N–H and O–H groups in total. The van der Waals surface area contributed by atoms with Gasteiger partial charge in [-0.15, -0.1) is 0 Å². The Hall–Kier alpha value is -4.05. The summed E-state index contributed by atoms with van der Waals surface area (Å²) in [7, 11) is 0. The Morgan fingerprint density at radius 3 is 2.45 bits per heavy atom. The molecule has 0 saturated carbocycles. The van der Waals surface area contributed by atoms with Gasteiger partial charge in [0.05, 0.1) is 33.5 Å². The Morgan fingerprint density at radius 1 is 1.07 bits per heavy atom. The first-order valence-corrected chi connectivity index (χ1v) is 13.7. The van der Waals surface area contributed by atoms with Crippen LogP contribution in [-0.4, -0.2) is 49.0 Å². The van der Waals surface area contributed by atoms with Gasteiger partial charge >= 0.3 is 12.4 Å². The highest BCUT2D eigenvalue weighted by Crippen LogP contribution is 2.43. The second-order valence-electron chi connectivity index (χ2n) is 10.3. The quantitative estimate of drug-likeness (QED) is 0.230. The van der Waals surface area contributed by atoms with Gasteiger partial charge in [0.1, 0.15) is 29.2 Å². The Bertz CT molecular complexity index is 1690. The van der Waals surface area contributed by atoms with Crippen molar-refractivity contribution in [1.29, 1.82) is 0 Å². The molecule has 2 aliphatic rings. The summed E-state index contributed by atoms with van der Waals surface area (Å²) in [5, 5.41) is 16.3. The van der Waals surface area contributed by atoms with Crippen LogP contribution in [0, 0.1) is 5.82 Å². The van der Waals surface area contributed by atoms with Gasteiger partial charge in [-0.2, -0.15) is 26.3 Å². The number of benzene rings is 2. The third-order valence-corrected chi connectivity index (χ3v) is 8.07. The molecule has 5 rings (SSSR count). The van der Waals surface area contributed by atoms with Crippen molar-refractivity contribution in [2.24, 2.45) is 0 Å². The molecule has 0 spiro atoms. The van der Waals surface area contributed by atoms with E-state index in [2.05, 4.69) is 31.2 Å². The number of aliphatic hydroxyl groups is 1. The number of aliphatic hydroxyl groups excluding tert-OH is 1. The van der Waals surface area contributed by atoms with E-state index in [1.165, 1.54) is 23.2 Å². The summed E-state index contributed by atoms with van der Waals surface area (Å²) in [6.45, 7) is 1.82. The third kappa shape index (κ3) is 5.75. The fourth-order valence-electron chi connectivity index (χ4n) is 5.24. The second kappa shape index (κ2) is 11.1. The lowest BCUT2D eigenvalue weighted by atomic mass is 9.90. The number of anilines is 1. The highest BCUT2D eigenvalue weighted by Gasteiger charge is 2.52. The van der Waals surface area contributed by atoms with Gasteiger partial charge in [-0.25, -0.2) is 19.4 Å². The van der Waals surface area contributed by atoms with Crippen LogP contribution in [-0.2, 0) is 28.5 Å². The zero-order valence-corrected chi connectivity index (χ0v) is 24.1. The van der Waals surface area contributed by atoms with E-state index in [9.17, 15) is 45.4 Å². The summed E-state index contributed by atoms with van der Waals surface area (Å²) in [5.41, 5.74) is -5.64. The van der Waals surface area contributed by atoms with Crippen LogP contribution in [0.25, 0.3) is 11.3 Å². The van der Waals surface area contributed by atoms with Crippen molar-refractivity contribution in [1.82, 2.24) is 20.0 Å². The van der Waals surface area contributed by atoms with Crippen LogP contribution in [0.5, 0.6) is 0 Å². The zero-order chi connectivity index (χ0) is 32.2. The van der Waals surface area contributed by atoms with Gasteiger partial charge in [0, 0.05) is 12.1 Å². The van der Waals surface area contributed by atoms with Gasteiger partial charge in [0.15, 0.2) is 0 Å². The highest BCUT2D eigenvalue weighted by molar-refractivity contribution is 9.10. The summed E-state index contributed by atoms with van der Waals surface area (Å²) in [6, 6.07) is 6.40. The molecule has 16 heteroatoms. The third-order valence-electron chi connectivity index (χ3n) is 7.46. The van der Waals surface area contributed by atoms with Crippen LogP contribution < -0.4 is 5.32 Å². The van der Waals surface area contributed by atoms with Crippen LogP contribution in [0.4, 0.5) is 36.4 Å². The van der Waals surface area contributed by atoms with Crippen molar-refractivity contribution in [2.45, 2.75) is 44.2 Å². The number of carbonyl (C=O) groups excluding carboxylic acids is 2. The minimum atomic E-state index is -4.94. The van der Waals surface area contributed by atoms with Crippen molar-refractivity contribution >= 4 is 33.4 Å². The molecule has 1 fully saturated rings. The highest BCUT2D eigenvalue weighted by atomic mass is 79.9. The van der Waals surface area contributed by atoms with Crippen molar-refractivity contribution in [3.05, 3.63) is 87.2 Å². The molecule has 8 nitrogen and oxygen atoms in total. The molecule has 232 valence electrons. The van der Waals surface area contributed by atoms with E-state index < -0.39 is 75.1 Å². The van der Waals surface area contributed by atoms with E-state index in [1.54, 1.807) is 11.9 Å². The SMILES string of the molecule is C[C@]12CCCN1N(Cc1ccc(F)c(Br)c1)C(=O)C(C(=O)Nc1ccc(C(F)(F)F)cc1-c1cc(C(F)(F)F)ncn1)=C2O. The van der Waals surface area contributed by atoms with Crippen molar-refractivity contribution in [2.75, 3.05) is 11.9 Å². The van der Waals surface area contributed by atoms with Gasteiger partial charge in [-0.05, 0) is 77.7 Å². The van der Waals surface area contributed by atoms with Gasteiger partial charge in [0.2, 0.25) is 0 Å². The number of nitrogens with zero attached hydrogens (tertiary/aromatic N) is 4. The van der Waals surface area contributed by atoms with Crippen molar-refractivity contribution in [3.8, 4) is 11.3 Å². The van der Waals surface area contributed by atoms with E-state index >= 15 is 0 Å². The molecule has 0 bridgehead atoms. The van der Waals surface area contributed by atoms with Crippen LogP contribution in [0.15, 0.2) is 64.6 Å². The number of amides is 2. The number of carbonyl (C=O) groups is 2. The maximum Gasteiger partial charge on any atom is 0.433 e. The molecule has 2 aromatic carbocycles. The number of aromatic nitrogens is 2. The summed E-state index contributed by atoms with van der Waals surface area (Å²) in [5.74, 6) is -3.28. The number of alkyl halides is 6. The number of fused-ring (bicyclic) bond motifs is 1. The topological polar surface area (TPSA) is 98.7 Å². The van der Waals surface area contributed by atoms with Crippen LogP contribution in [0.3, 0.4) is 0 Å². The number of rotatable bonds is 5. The standard InChI is InChI=1S/C28H21BrF7N5O3/c1-26-7-2-8-41(26)40(12-14-3-5-18(30)17(29)9-14)25(44)22(23(26)42)24(43)39-19-6-4-15(27(31,32)33)10-16(19)20-11-21(28(34,35)36)38-13-37-20/h3-6,9-11,13,42H,2,7-8,12H2,1H3,(H,39,43)/t26-/m1/s1. The minimum Gasteiger partial charge on any atom is -0.509 e. The molecule has 1 saturated heterocycles. The molecule has 3 heterocycles. The number of hydrogen-bond acceptors (Lipinski definition) is 6. The lowest BCUT2D eigenvalue weighted by molar-refractivity contribution is -0.160. The van der Waals surface area contributed by atoms with E-state index in [-0.39, 0.29) is 11.0 Å². The molecule has 2 aliphatic heterocycles. The normalized spacial score (nSPS) is 19.4. The fraction of sp³-hybridized carbons (Fsp3) is 0.286. The lowest BCUT2D eigenvalue weighted by Gasteiger charge is -2.46. The molecule has 2 amide bonds. The van der Waals surface area contributed by atoms with Crippen LogP contribution in [0.1, 0.15) is 36.6 Å². The Labute approximate surface area is 253 Å². The lowest BCUT2D eigenvalue weighted by Crippen LogP contribution is -2.60. The number of nitrogens with one attached hydrogen (secondary N) is 1. The molecule has 3 aromatic rings. The fourth-order valence-corrected chi connectivity index (χ4v) is 5.67. The minimum absolute atomic E-state index is 0.121. The molecule has 0 aliphatic carbocycles. The zero-order valence-electron chi connectivity index (χ0n) is 22.5. The number of halogens is 8. The summed E-state index contributed by atoms with van der Waals surface area (Å²) < 4.78 is 94.6. The predicted octanol–water partition coefficient (Wildman–Crippen LogP) is 6.65. The average Bonchev–Trinajstić information content (AvgIpc) is 3.35. The number of hydrogen-bond donors (Lipinski definition) is 2. The Morgan fingerprint density at radius 2 is 1.80 bits per heavy atom. The van der Waals surface area contributed by atoms with Gasteiger partial charge < -0.3 is 10.4 Å². The van der Waals surface area contributed by atoms with Crippen molar-refractivity contribution < 1.29 is 45.4 Å². The van der Waals surface area contributed by atoms with Gasteiger partial charge in [-0.1, -0.05) is 6.07 Å². The summed E-state index contributed by atoms with van der Waals surface area (Å²) in [6.07, 6.45) is -8.46. The van der Waals surface area contributed by atoms with Crippen LogP contribution in [0.2, 0.25) is 0 Å². The van der Waals surface area contributed by atoms with Gasteiger partial charge in [0.25, 0.3) is 11.8 Å². The van der Waals surface area contributed by atoms with E-state index in [0.717, 1.165) is 6.07 Å². The monoisotopic (exact) mass is 687 g/mol. The molecule has 0 unspecified atom stereocenters. The second-order valence-corrected chi connectivity index (χ2v) is 11.2. The average molecular weight is 688 g/mol. The van der Waals surface area contributed by atoms with Crippen molar-refractivity contribution in [3.63, 3.8) is 0 Å². The van der Waals surface area contributed by atoms with Crippen LogP contribution >= 0.6 is 15.9 Å². The Kier molecular flexibility index (Phi) is 7.95. The first-order chi connectivity index (χ1) is 20.5. The molecular formula is C28H21BrF7N5O3. The first-order valence-electron chi connectivity index (χ1n) is 12.9. The largest absolute Gasteiger partial charge is 0.509 e. The molecular weight excluding hydrogens is 667 g/mol. The predicted molar refractivity (Wildman–Crippen MR) is 145 cm³/mol. The molecule has 1 aromatic heterocycles. The molecule has 0 radical (unpaired) electrons. The van der Waals surface area contributed by atoms with Gasteiger partial charge in [-0.3, -0.25) is 14.6 Å². The maximum absolute atomic E-state index is 13.8. The number of hydrazine groups is 1. The van der Waals surface area contributed by atoms with E-state index in [1.807, 2.05) is 0 Å². The smallest absolute Gasteiger partial charge is 0.433 e. The first kappa shape index (κ1) is 31.4. The maximum atomic E-state index is 13.8. The summed E-state index contributed by atoms with van der Waals surface area (Å²) in [4.78, 5) is 34.1. The Balaban J connectivity index is 1.55. The molecule has 1 atom stereocenters. The van der Waals surface area contributed by atoms with E-state index in [0.29, 0.717) is 49.5 Å². The summed E-state index contributed by atoms with van der Waals surface area (Å²) >= 11 is 3.09. The molecule has 44 heavy (non-hydrogen) atoms.